The van der Waals surface area contributed by atoms with E-state index in [-0.39, 0.29) is 0 Å². The Balaban J connectivity index is 2.19. The van der Waals surface area contributed by atoms with E-state index in [9.17, 15) is 0 Å². The summed E-state index contributed by atoms with van der Waals surface area (Å²) >= 11 is 1.32. The van der Waals surface area contributed by atoms with Crippen LogP contribution in [0.1, 0.15) is 6.42 Å². The van der Waals surface area contributed by atoms with Crippen molar-refractivity contribution in [3.63, 3.8) is 0 Å². The molecule has 0 atom stereocenters. The third-order valence-corrected chi connectivity index (χ3v) is 1.49. The third kappa shape index (κ3) is 5.34. The average molecular weight is 198 g/mol. The molecule has 5 heavy (non-hydrogen) atoms. The van der Waals surface area contributed by atoms with E-state index in [1.54, 1.807) is 0 Å². The molecular weight excluding hydrogens is 190 g/mol. The predicted molar refractivity (Wildman–Crippen MR) is 18.5 cm³/mol. The van der Waals surface area contributed by atoms with Gasteiger partial charge in [-0.3, -0.25) is 0 Å². The van der Waals surface area contributed by atoms with Gasteiger partial charge in [0.15, 0.2) is 0 Å². The Morgan fingerprint density at radius 1 is 1.60 bits per heavy atom. The summed E-state index contributed by atoms with van der Waals surface area (Å²) in [6.07, 6.45) is 1.23. The minimum absolute atomic E-state index is 0.878. The zero-order valence-corrected chi connectivity index (χ0v) is 6.34. The van der Waals surface area contributed by atoms with Gasteiger partial charge in [-0.25, -0.2) is 0 Å². The van der Waals surface area contributed by atoms with Crippen LogP contribution in [0.5, 0.6) is 0 Å². The molecule has 0 heterocycles. The fourth-order valence-corrected chi connectivity index (χ4v) is 0.743. The summed E-state index contributed by atoms with van der Waals surface area (Å²) in [6.45, 7) is 0.878. The number of hydrogen-bond acceptors (Lipinski definition) is 1. The van der Waals surface area contributed by atoms with Gasteiger partial charge in [-0.05, 0) is 0 Å². The second kappa shape index (κ2) is 5.34. The molecule has 0 aromatic heterocycles. The van der Waals surface area contributed by atoms with Crippen LogP contribution in [0, 0.1) is 39.6 Å². The maximum atomic E-state index is 5.16. The Morgan fingerprint density at radius 2 is 2.20 bits per heavy atom. The van der Waals surface area contributed by atoms with Crippen LogP contribution in [0.25, 0.3) is 0 Å². The van der Waals surface area contributed by atoms with Crippen molar-refractivity contribution in [2.75, 3.05) is 6.54 Å². The Labute approximate surface area is 59.6 Å². The zero-order valence-electron chi connectivity index (χ0n) is 3.20. The van der Waals surface area contributed by atoms with Crippen molar-refractivity contribution in [1.82, 2.24) is 0 Å². The molecule has 0 bridgehead atoms. The Morgan fingerprint density at radius 3 is 2.20 bits per heavy atom. The minimum atomic E-state index is 0.878. The van der Waals surface area contributed by atoms with E-state index < -0.39 is 0 Å². The van der Waals surface area contributed by atoms with Crippen LogP contribution < -0.4 is 5.73 Å². The van der Waals surface area contributed by atoms with E-state index in [4.69, 9.17) is 5.73 Å². The van der Waals surface area contributed by atoms with Crippen molar-refractivity contribution < 1.29 is 39.6 Å². The number of rotatable bonds is 2. The van der Waals surface area contributed by atoms with Crippen LogP contribution in [0.3, 0.4) is 0 Å². The van der Waals surface area contributed by atoms with Crippen molar-refractivity contribution in [2.45, 2.75) is 8.36 Å². The van der Waals surface area contributed by atoms with Crippen molar-refractivity contribution in [3.05, 3.63) is 0 Å². The average Bonchev–Trinajstić information content (AvgIpc) is 1.41. The molecule has 1 nitrogen and oxygen atoms in total. The first-order valence-electron chi connectivity index (χ1n) is 1.76. The van der Waals surface area contributed by atoms with Crippen LogP contribution in [0.15, 0.2) is 0 Å². The first kappa shape index (κ1) is 6.34. The van der Waals surface area contributed by atoms with Crippen molar-refractivity contribution in [1.29, 1.82) is 0 Å². The van der Waals surface area contributed by atoms with Gasteiger partial charge in [0.2, 0.25) is 0 Å². The van der Waals surface area contributed by atoms with E-state index in [1.165, 1.54) is 48.0 Å². The van der Waals surface area contributed by atoms with E-state index in [0.29, 0.717) is 0 Å². The monoisotopic (exact) mass is 198 g/mol. The van der Waals surface area contributed by atoms with Gasteiger partial charge in [0.1, 0.15) is 0 Å². The molecule has 0 unspecified atom stereocenters. The van der Waals surface area contributed by atoms with E-state index in [1.807, 2.05) is 0 Å². The summed E-state index contributed by atoms with van der Waals surface area (Å²) in [5, 5.41) is 0. The van der Waals surface area contributed by atoms with Crippen molar-refractivity contribution in [3.8, 4) is 0 Å². The van der Waals surface area contributed by atoms with Crippen LogP contribution in [-0.2, 0) is 0 Å². The molecule has 0 saturated carbocycles. The summed E-state index contributed by atoms with van der Waals surface area (Å²) in [5.74, 6) is 0. The molecule has 0 spiro atoms. The molecule has 0 radical (unpaired) electrons. The maximum absolute atomic E-state index is 5.16. The van der Waals surface area contributed by atoms with Gasteiger partial charge in [-0.1, -0.05) is 0 Å². The topological polar surface area (TPSA) is 26.0 Å². The van der Waals surface area contributed by atoms with Crippen LogP contribution in [0.2, 0.25) is 1.94 Å². The van der Waals surface area contributed by atoms with Gasteiger partial charge in [0.05, 0.1) is 0 Å². The van der Waals surface area contributed by atoms with E-state index >= 15 is 0 Å². The Hall–Kier alpha value is 1.34. The van der Waals surface area contributed by atoms with Gasteiger partial charge in [-0.15, -0.1) is 0 Å². The summed E-state index contributed by atoms with van der Waals surface area (Å²) in [5.41, 5.74) is 5.16. The van der Waals surface area contributed by atoms with Gasteiger partial charge in [0.25, 0.3) is 0 Å². The van der Waals surface area contributed by atoms with Gasteiger partial charge < -0.3 is 0 Å². The number of nitrogens with two attached hydrogens (primary N) is 1. The summed E-state index contributed by atoms with van der Waals surface area (Å²) in [7, 11) is 0. The number of hydrogen-bond donors (Lipinski definition) is 1. The van der Waals surface area contributed by atoms with Gasteiger partial charge in [0, 0.05) is 0 Å². The van der Waals surface area contributed by atoms with Gasteiger partial charge >= 0.3 is 60.3 Å². The van der Waals surface area contributed by atoms with Crippen LogP contribution >= 0.6 is 0 Å². The quantitative estimate of drug-likeness (QED) is 0.678. The summed E-state index contributed by atoms with van der Waals surface area (Å²) < 4.78 is 1.36. The molecule has 0 aliphatic carbocycles. The summed E-state index contributed by atoms with van der Waals surface area (Å²) in [6, 6.07) is 0. The van der Waals surface area contributed by atoms with Crippen molar-refractivity contribution >= 4 is 0 Å². The van der Waals surface area contributed by atoms with Crippen molar-refractivity contribution in [2.24, 2.45) is 5.73 Å². The third-order valence-electron chi connectivity index (χ3n) is 0.381. The fraction of sp³-hybridized carbons (Fsp3) is 1.00. The second-order valence-corrected chi connectivity index (χ2v) is 2.46. The molecule has 2 heteroatoms. The molecule has 0 aliphatic rings. The summed E-state index contributed by atoms with van der Waals surface area (Å²) in [4.78, 5) is 0. The molecule has 2 N–H and O–H groups in total. The second-order valence-electron chi connectivity index (χ2n) is 0.892. The molecule has 29 valence electrons. The standard InChI is InChI=1S/C3H8N.Ce/c1-2-3-4;/h1-4H2;. The SMILES string of the molecule is NCC[CH2][Ce]. The fourth-order valence-electron chi connectivity index (χ4n) is 0.102. The molecule has 0 rings (SSSR count). The van der Waals surface area contributed by atoms with E-state index in [2.05, 4.69) is 0 Å². The van der Waals surface area contributed by atoms with Crippen LogP contribution in [0.4, 0.5) is 0 Å². The first-order chi connectivity index (χ1) is 2.41. The molecule has 0 aromatic carbocycles. The zero-order chi connectivity index (χ0) is 4.12. The molecule has 0 amide bonds. The Kier molecular flexibility index (Phi) is 6.76. The van der Waals surface area contributed by atoms with Crippen LogP contribution in [-0.4, -0.2) is 6.54 Å². The normalized spacial score (nSPS) is 8.00. The molecule has 0 aliphatic heterocycles. The predicted octanol–water partition coefficient (Wildman–Crippen LogP) is 0.303. The molecule has 0 aromatic rings. The molecular formula is C3H8CeN. The first-order valence-corrected chi connectivity index (χ1v) is 3.98. The Bertz CT molecular complexity index is 14.4. The molecule has 0 fully saturated rings. The van der Waals surface area contributed by atoms with E-state index in [0.717, 1.165) is 6.54 Å². The molecule has 0 saturated heterocycles. The van der Waals surface area contributed by atoms with Gasteiger partial charge in [-0.2, -0.15) is 0 Å².